The standard InChI is InChI=1S/C11H9NO3.ClH/c1-7-6-15-10(12-7)8-3-2-4-9(5-8)11(13)14;/h2-6H,1H3,(H,13,14);1H. The second-order valence-electron chi connectivity index (χ2n) is 3.18. The first-order valence-electron chi connectivity index (χ1n) is 4.42. The molecule has 0 fully saturated rings. The van der Waals surface area contributed by atoms with E-state index in [1.165, 1.54) is 18.4 Å². The highest BCUT2D eigenvalue weighted by atomic mass is 35.5. The summed E-state index contributed by atoms with van der Waals surface area (Å²) in [5.74, 6) is -0.518. The number of carboxylic acids is 1. The predicted molar refractivity (Wildman–Crippen MR) is 60.9 cm³/mol. The highest BCUT2D eigenvalue weighted by Crippen LogP contribution is 2.19. The molecule has 1 aromatic heterocycles. The van der Waals surface area contributed by atoms with Crippen LogP contribution in [0.2, 0.25) is 0 Å². The molecule has 16 heavy (non-hydrogen) atoms. The molecule has 0 aliphatic heterocycles. The van der Waals surface area contributed by atoms with Gasteiger partial charge in [0.25, 0.3) is 0 Å². The van der Waals surface area contributed by atoms with Gasteiger partial charge in [0.1, 0.15) is 6.26 Å². The van der Waals surface area contributed by atoms with Crippen LogP contribution in [0.25, 0.3) is 11.5 Å². The van der Waals surface area contributed by atoms with E-state index in [2.05, 4.69) is 4.98 Å². The van der Waals surface area contributed by atoms with Crippen molar-refractivity contribution in [2.75, 3.05) is 0 Å². The molecule has 1 aromatic carbocycles. The molecule has 0 amide bonds. The summed E-state index contributed by atoms with van der Waals surface area (Å²) in [6.45, 7) is 1.81. The Balaban J connectivity index is 0.00000128. The van der Waals surface area contributed by atoms with Gasteiger partial charge in [-0.2, -0.15) is 0 Å². The van der Waals surface area contributed by atoms with E-state index in [0.717, 1.165) is 5.69 Å². The van der Waals surface area contributed by atoms with Crippen molar-refractivity contribution >= 4 is 18.4 Å². The monoisotopic (exact) mass is 239 g/mol. The molecule has 0 saturated heterocycles. The Morgan fingerprint density at radius 2 is 2.19 bits per heavy atom. The van der Waals surface area contributed by atoms with Crippen molar-refractivity contribution in [3.63, 3.8) is 0 Å². The number of hydrogen-bond acceptors (Lipinski definition) is 3. The first-order chi connectivity index (χ1) is 7.16. The molecule has 0 atom stereocenters. The maximum absolute atomic E-state index is 10.7. The van der Waals surface area contributed by atoms with Gasteiger partial charge in [-0.15, -0.1) is 12.4 Å². The summed E-state index contributed by atoms with van der Waals surface area (Å²) in [7, 11) is 0. The lowest BCUT2D eigenvalue weighted by atomic mass is 10.1. The van der Waals surface area contributed by atoms with E-state index in [9.17, 15) is 4.79 Å². The van der Waals surface area contributed by atoms with E-state index in [-0.39, 0.29) is 18.0 Å². The van der Waals surface area contributed by atoms with Gasteiger partial charge in [-0.3, -0.25) is 0 Å². The van der Waals surface area contributed by atoms with Crippen LogP contribution >= 0.6 is 12.4 Å². The summed E-state index contributed by atoms with van der Waals surface area (Å²) >= 11 is 0. The van der Waals surface area contributed by atoms with E-state index >= 15 is 0 Å². The van der Waals surface area contributed by atoms with Crippen LogP contribution in [0.15, 0.2) is 34.9 Å². The molecular weight excluding hydrogens is 230 g/mol. The SMILES string of the molecule is Cc1coc(-c2cccc(C(=O)O)c2)n1.Cl. The molecule has 1 heterocycles. The van der Waals surface area contributed by atoms with Crippen molar-refractivity contribution in [1.29, 1.82) is 0 Å². The van der Waals surface area contributed by atoms with E-state index < -0.39 is 5.97 Å². The van der Waals surface area contributed by atoms with E-state index in [1.54, 1.807) is 12.1 Å². The van der Waals surface area contributed by atoms with E-state index in [4.69, 9.17) is 9.52 Å². The number of halogens is 1. The van der Waals surface area contributed by atoms with Gasteiger partial charge in [0.05, 0.1) is 11.3 Å². The fraction of sp³-hybridized carbons (Fsp3) is 0.0909. The van der Waals surface area contributed by atoms with Gasteiger partial charge >= 0.3 is 5.97 Å². The average Bonchev–Trinajstić information content (AvgIpc) is 2.65. The Morgan fingerprint density at radius 1 is 1.44 bits per heavy atom. The fourth-order valence-electron chi connectivity index (χ4n) is 1.27. The molecule has 2 aromatic rings. The molecule has 5 heteroatoms. The van der Waals surface area contributed by atoms with Crippen molar-refractivity contribution in [1.82, 2.24) is 4.98 Å². The lowest BCUT2D eigenvalue weighted by Crippen LogP contribution is -1.95. The molecule has 2 rings (SSSR count). The Labute approximate surface area is 98.3 Å². The molecule has 0 unspecified atom stereocenters. The topological polar surface area (TPSA) is 63.3 Å². The van der Waals surface area contributed by atoms with Crippen LogP contribution in [0.5, 0.6) is 0 Å². The van der Waals surface area contributed by atoms with Gasteiger partial charge in [0.15, 0.2) is 0 Å². The number of aromatic nitrogens is 1. The van der Waals surface area contributed by atoms with Gasteiger partial charge in [-0.25, -0.2) is 9.78 Å². The van der Waals surface area contributed by atoms with E-state index in [0.29, 0.717) is 11.5 Å². The molecule has 0 aliphatic carbocycles. The quantitative estimate of drug-likeness (QED) is 0.875. The smallest absolute Gasteiger partial charge is 0.335 e. The van der Waals surface area contributed by atoms with E-state index in [1.807, 2.05) is 6.92 Å². The number of aryl methyl sites for hydroxylation is 1. The number of carboxylic acid groups (broad SMARTS) is 1. The summed E-state index contributed by atoms with van der Waals surface area (Å²) < 4.78 is 5.18. The van der Waals surface area contributed by atoms with Crippen LogP contribution in [0, 0.1) is 6.92 Å². The Kier molecular flexibility index (Phi) is 3.68. The van der Waals surface area contributed by atoms with Crippen molar-refractivity contribution in [3.8, 4) is 11.5 Å². The summed E-state index contributed by atoms with van der Waals surface area (Å²) in [5, 5.41) is 8.81. The second kappa shape index (κ2) is 4.81. The molecule has 0 aliphatic rings. The Hall–Kier alpha value is -1.81. The zero-order valence-corrected chi connectivity index (χ0v) is 9.32. The molecule has 0 bridgehead atoms. The molecule has 0 spiro atoms. The Bertz CT molecular complexity index is 507. The third-order valence-corrected chi connectivity index (χ3v) is 1.98. The minimum atomic E-state index is -0.958. The average molecular weight is 240 g/mol. The van der Waals surface area contributed by atoms with Crippen LogP contribution < -0.4 is 0 Å². The summed E-state index contributed by atoms with van der Waals surface area (Å²) in [6.07, 6.45) is 1.53. The molecule has 0 saturated carbocycles. The van der Waals surface area contributed by atoms with Crippen LogP contribution in [-0.4, -0.2) is 16.1 Å². The molecule has 84 valence electrons. The maximum Gasteiger partial charge on any atom is 0.335 e. The first-order valence-corrected chi connectivity index (χ1v) is 4.42. The Morgan fingerprint density at radius 3 is 2.75 bits per heavy atom. The zero-order chi connectivity index (χ0) is 10.8. The third-order valence-electron chi connectivity index (χ3n) is 1.98. The van der Waals surface area contributed by atoms with Gasteiger partial charge in [-0.1, -0.05) is 6.07 Å². The highest BCUT2D eigenvalue weighted by molar-refractivity contribution is 5.88. The number of hydrogen-bond donors (Lipinski definition) is 1. The third kappa shape index (κ3) is 2.41. The van der Waals surface area contributed by atoms with Gasteiger partial charge in [0.2, 0.25) is 5.89 Å². The number of aromatic carboxylic acids is 1. The minimum Gasteiger partial charge on any atom is -0.478 e. The van der Waals surface area contributed by atoms with Crippen molar-refractivity contribution in [2.45, 2.75) is 6.92 Å². The van der Waals surface area contributed by atoms with Crippen molar-refractivity contribution < 1.29 is 14.3 Å². The molecule has 4 nitrogen and oxygen atoms in total. The van der Waals surface area contributed by atoms with Crippen molar-refractivity contribution in [2.24, 2.45) is 0 Å². The fourth-order valence-corrected chi connectivity index (χ4v) is 1.27. The summed E-state index contributed by atoms with van der Waals surface area (Å²) in [4.78, 5) is 14.9. The molecular formula is C11H10ClNO3. The van der Waals surface area contributed by atoms with Crippen LogP contribution in [0.4, 0.5) is 0 Å². The van der Waals surface area contributed by atoms with Crippen LogP contribution in [-0.2, 0) is 0 Å². The number of benzene rings is 1. The zero-order valence-electron chi connectivity index (χ0n) is 8.51. The predicted octanol–water partition coefficient (Wildman–Crippen LogP) is 2.77. The van der Waals surface area contributed by atoms with Crippen molar-refractivity contribution in [3.05, 3.63) is 41.8 Å². The summed E-state index contributed by atoms with van der Waals surface area (Å²) in [6, 6.07) is 6.49. The van der Waals surface area contributed by atoms with Gasteiger partial charge in [0, 0.05) is 5.56 Å². The number of nitrogens with zero attached hydrogens (tertiary/aromatic N) is 1. The lowest BCUT2D eigenvalue weighted by molar-refractivity contribution is 0.0697. The number of carbonyl (C=O) groups is 1. The second-order valence-corrected chi connectivity index (χ2v) is 3.18. The molecule has 0 radical (unpaired) electrons. The number of oxazole rings is 1. The maximum atomic E-state index is 10.7. The normalized spacial score (nSPS) is 9.56. The minimum absolute atomic E-state index is 0. The van der Waals surface area contributed by atoms with Gasteiger partial charge in [-0.05, 0) is 25.1 Å². The van der Waals surface area contributed by atoms with Crippen LogP contribution in [0.1, 0.15) is 16.1 Å². The van der Waals surface area contributed by atoms with Crippen LogP contribution in [0.3, 0.4) is 0 Å². The highest BCUT2D eigenvalue weighted by Gasteiger charge is 2.08. The largest absolute Gasteiger partial charge is 0.478 e. The molecule has 1 N–H and O–H groups in total. The number of rotatable bonds is 2. The summed E-state index contributed by atoms with van der Waals surface area (Å²) in [5.41, 5.74) is 1.66. The lowest BCUT2D eigenvalue weighted by Gasteiger charge is -1.97. The van der Waals surface area contributed by atoms with Gasteiger partial charge < -0.3 is 9.52 Å². The first kappa shape index (κ1) is 12.3.